The molecule has 0 saturated carbocycles. The SMILES string of the molecule is CC(C)(C)CCNC(=O)c1ccc(OCc2ccncc2)nc1. The molecule has 0 saturated heterocycles. The molecule has 1 N–H and O–H groups in total. The second-order valence-electron chi connectivity index (χ2n) is 6.60. The quantitative estimate of drug-likeness (QED) is 0.889. The summed E-state index contributed by atoms with van der Waals surface area (Å²) in [4.78, 5) is 20.2. The first-order valence-corrected chi connectivity index (χ1v) is 7.70. The molecule has 5 nitrogen and oxygen atoms in total. The summed E-state index contributed by atoms with van der Waals surface area (Å²) in [5.74, 6) is 0.385. The van der Waals surface area contributed by atoms with Crippen LogP contribution in [0.3, 0.4) is 0 Å². The Hall–Kier alpha value is -2.43. The van der Waals surface area contributed by atoms with E-state index in [1.54, 1.807) is 24.5 Å². The van der Waals surface area contributed by atoms with Crippen molar-refractivity contribution in [2.24, 2.45) is 5.41 Å². The predicted molar refractivity (Wildman–Crippen MR) is 89.2 cm³/mol. The van der Waals surface area contributed by atoms with Crippen LogP contribution in [0, 0.1) is 5.41 Å². The van der Waals surface area contributed by atoms with Gasteiger partial charge in [-0.2, -0.15) is 0 Å². The lowest BCUT2D eigenvalue weighted by Crippen LogP contribution is -2.27. The fourth-order valence-corrected chi connectivity index (χ4v) is 1.89. The number of carbonyl (C=O) groups is 1. The van der Waals surface area contributed by atoms with Crippen LogP contribution in [0.2, 0.25) is 0 Å². The van der Waals surface area contributed by atoms with Crippen LogP contribution < -0.4 is 10.1 Å². The van der Waals surface area contributed by atoms with Crippen molar-refractivity contribution in [3.8, 4) is 5.88 Å². The molecule has 2 aromatic heterocycles. The second-order valence-corrected chi connectivity index (χ2v) is 6.60. The van der Waals surface area contributed by atoms with Crippen molar-refractivity contribution < 1.29 is 9.53 Å². The fraction of sp³-hybridized carbons (Fsp3) is 0.389. The molecule has 0 fully saturated rings. The molecule has 1 amide bonds. The van der Waals surface area contributed by atoms with Crippen molar-refractivity contribution in [2.45, 2.75) is 33.8 Å². The number of hydrogen-bond donors (Lipinski definition) is 1. The first kappa shape index (κ1) is 16.9. The summed E-state index contributed by atoms with van der Waals surface area (Å²) >= 11 is 0. The van der Waals surface area contributed by atoms with Crippen LogP contribution in [0.4, 0.5) is 0 Å². The van der Waals surface area contributed by atoms with Gasteiger partial charge in [0.25, 0.3) is 5.91 Å². The fourth-order valence-electron chi connectivity index (χ4n) is 1.89. The van der Waals surface area contributed by atoms with E-state index in [9.17, 15) is 4.79 Å². The van der Waals surface area contributed by atoms with Gasteiger partial charge in [0.2, 0.25) is 5.88 Å². The van der Waals surface area contributed by atoms with E-state index in [0.29, 0.717) is 24.6 Å². The number of nitrogens with one attached hydrogen (secondary N) is 1. The minimum absolute atomic E-state index is 0.109. The summed E-state index contributed by atoms with van der Waals surface area (Å²) in [6, 6.07) is 7.20. The molecule has 2 aromatic rings. The third-order valence-electron chi connectivity index (χ3n) is 3.30. The number of hydrogen-bond acceptors (Lipinski definition) is 4. The summed E-state index contributed by atoms with van der Waals surface area (Å²) in [5.41, 5.74) is 1.76. The minimum atomic E-state index is -0.109. The van der Waals surface area contributed by atoms with E-state index in [4.69, 9.17) is 4.74 Å². The monoisotopic (exact) mass is 313 g/mol. The molecule has 0 aromatic carbocycles. The molecule has 2 heterocycles. The van der Waals surface area contributed by atoms with Crippen LogP contribution in [-0.2, 0) is 6.61 Å². The van der Waals surface area contributed by atoms with Gasteiger partial charge in [0.15, 0.2) is 0 Å². The molecule has 0 aliphatic rings. The van der Waals surface area contributed by atoms with Gasteiger partial charge in [0, 0.05) is 31.2 Å². The lowest BCUT2D eigenvalue weighted by molar-refractivity contribution is 0.0949. The maximum atomic E-state index is 12.0. The third kappa shape index (κ3) is 6.06. The van der Waals surface area contributed by atoms with E-state index in [-0.39, 0.29) is 11.3 Å². The van der Waals surface area contributed by atoms with Crippen molar-refractivity contribution in [1.29, 1.82) is 0 Å². The summed E-state index contributed by atoms with van der Waals surface area (Å²) in [6.07, 6.45) is 5.90. The van der Waals surface area contributed by atoms with Gasteiger partial charge in [-0.3, -0.25) is 9.78 Å². The van der Waals surface area contributed by atoms with Crippen LogP contribution in [0.1, 0.15) is 43.1 Å². The Bertz CT molecular complexity index is 619. The lowest BCUT2D eigenvalue weighted by atomic mass is 9.92. The number of carbonyl (C=O) groups excluding carboxylic acids is 1. The van der Waals surface area contributed by atoms with E-state index >= 15 is 0 Å². The molecule has 0 aliphatic carbocycles. The first-order chi connectivity index (χ1) is 10.9. The van der Waals surface area contributed by atoms with Crippen molar-refractivity contribution in [2.75, 3.05) is 6.54 Å². The molecule has 23 heavy (non-hydrogen) atoms. The number of rotatable bonds is 6. The molecule has 2 rings (SSSR count). The zero-order valence-electron chi connectivity index (χ0n) is 13.9. The Morgan fingerprint density at radius 2 is 1.91 bits per heavy atom. The zero-order valence-corrected chi connectivity index (χ0v) is 13.9. The summed E-state index contributed by atoms with van der Waals surface area (Å²) in [7, 11) is 0. The highest BCUT2D eigenvalue weighted by atomic mass is 16.5. The Morgan fingerprint density at radius 1 is 1.17 bits per heavy atom. The maximum Gasteiger partial charge on any atom is 0.252 e. The van der Waals surface area contributed by atoms with Crippen LogP contribution >= 0.6 is 0 Å². The van der Waals surface area contributed by atoms with Crippen LogP contribution in [0.25, 0.3) is 0 Å². The smallest absolute Gasteiger partial charge is 0.252 e. The maximum absolute atomic E-state index is 12.0. The van der Waals surface area contributed by atoms with Crippen molar-refractivity contribution in [1.82, 2.24) is 15.3 Å². The number of ether oxygens (including phenoxy) is 1. The summed E-state index contributed by atoms with van der Waals surface area (Å²) in [5, 5.41) is 2.91. The van der Waals surface area contributed by atoms with Gasteiger partial charge in [-0.25, -0.2) is 4.98 Å². The number of aromatic nitrogens is 2. The topological polar surface area (TPSA) is 64.1 Å². The Labute approximate surface area is 137 Å². The molecule has 0 aliphatic heterocycles. The first-order valence-electron chi connectivity index (χ1n) is 7.70. The highest BCUT2D eigenvalue weighted by Crippen LogP contribution is 2.17. The molecular formula is C18H23N3O2. The minimum Gasteiger partial charge on any atom is -0.473 e. The van der Waals surface area contributed by atoms with Crippen molar-refractivity contribution in [3.63, 3.8) is 0 Å². The molecule has 122 valence electrons. The van der Waals surface area contributed by atoms with Crippen molar-refractivity contribution >= 4 is 5.91 Å². The van der Waals surface area contributed by atoms with Crippen molar-refractivity contribution in [3.05, 3.63) is 54.0 Å². The van der Waals surface area contributed by atoms with E-state index in [1.165, 1.54) is 6.20 Å². The largest absolute Gasteiger partial charge is 0.473 e. The van der Waals surface area contributed by atoms with Crippen LogP contribution in [0.15, 0.2) is 42.9 Å². The van der Waals surface area contributed by atoms with Gasteiger partial charge in [0.05, 0.1) is 5.56 Å². The second kappa shape index (κ2) is 7.72. The number of pyridine rings is 2. The van der Waals surface area contributed by atoms with E-state index in [2.05, 4.69) is 36.1 Å². The zero-order chi connectivity index (χ0) is 16.7. The predicted octanol–water partition coefficient (Wildman–Crippen LogP) is 3.22. The molecular weight excluding hydrogens is 290 g/mol. The summed E-state index contributed by atoms with van der Waals surface area (Å²) in [6.45, 7) is 7.52. The Balaban J connectivity index is 1.83. The average molecular weight is 313 g/mol. The molecule has 0 bridgehead atoms. The summed E-state index contributed by atoms with van der Waals surface area (Å²) < 4.78 is 5.58. The van der Waals surface area contributed by atoms with E-state index in [0.717, 1.165) is 12.0 Å². The highest BCUT2D eigenvalue weighted by Gasteiger charge is 2.11. The molecule has 0 atom stereocenters. The van der Waals surface area contributed by atoms with Gasteiger partial charge in [-0.05, 0) is 35.6 Å². The average Bonchev–Trinajstić information content (AvgIpc) is 2.53. The Kier molecular flexibility index (Phi) is 5.68. The highest BCUT2D eigenvalue weighted by molar-refractivity contribution is 5.93. The standard InChI is InChI=1S/C18H23N3O2/c1-18(2,3)8-11-20-17(22)15-4-5-16(21-12-15)23-13-14-6-9-19-10-7-14/h4-7,9-10,12H,8,11,13H2,1-3H3,(H,20,22). The van der Waals surface area contributed by atoms with Gasteiger partial charge in [0.1, 0.15) is 6.61 Å². The lowest BCUT2D eigenvalue weighted by Gasteiger charge is -2.17. The third-order valence-corrected chi connectivity index (χ3v) is 3.30. The normalized spacial score (nSPS) is 11.1. The molecule has 0 radical (unpaired) electrons. The molecule has 0 spiro atoms. The van der Waals surface area contributed by atoms with Gasteiger partial charge in [-0.15, -0.1) is 0 Å². The van der Waals surface area contributed by atoms with E-state index in [1.807, 2.05) is 12.1 Å². The van der Waals surface area contributed by atoms with Crippen LogP contribution in [-0.4, -0.2) is 22.4 Å². The van der Waals surface area contributed by atoms with Gasteiger partial charge >= 0.3 is 0 Å². The molecule has 0 unspecified atom stereocenters. The number of nitrogens with zero attached hydrogens (tertiary/aromatic N) is 2. The Morgan fingerprint density at radius 3 is 2.52 bits per heavy atom. The molecule has 5 heteroatoms. The van der Waals surface area contributed by atoms with Gasteiger partial charge < -0.3 is 10.1 Å². The van der Waals surface area contributed by atoms with Crippen LogP contribution in [0.5, 0.6) is 5.88 Å². The van der Waals surface area contributed by atoms with E-state index < -0.39 is 0 Å². The van der Waals surface area contributed by atoms with Gasteiger partial charge in [-0.1, -0.05) is 20.8 Å². The number of amides is 1.